The fourth-order valence-electron chi connectivity index (χ4n) is 2.30. The fraction of sp³-hybridized carbons (Fsp3) is 0.750. The van der Waals surface area contributed by atoms with Crippen LogP contribution in [0.4, 0.5) is 4.39 Å². The minimum absolute atomic E-state index is 0.330. The summed E-state index contributed by atoms with van der Waals surface area (Å²) >= 11 is 0. The van der Waals surface area contributed by atoms with Crippen molar-refractivity contribution in [3.63, 3.8) is 0 Å². The van der Waals surface area contributed by atoms with E-state index in [1.807, 2.05) is 14.1 Å². The molecule has 0 saturated carbocycles. The molecule has 0 amide bonds. The van der Waals surface area contributed by atoms with Crippen LogP contribution < -0.4 is 10.1 Å². The van der Waals surface area contributed by atoms with Gasteiger partial charge in [-0.25, -0.2) is 4.39 Å². The van der Waals surface area contributed by atoms with Crippen LogP contribution in [0.1, 0.15) is 12.1 Å². The first kappa shape index (κ1) is 13.3. The number of nitrogens with zero attached hydrogens (tertiary/aromatic N) is 3. The van der Waals surface area contributed by atoms with Gasteiger partial charge in [0.1, 0.15) is 5.69 Å². The van der Waals surface area contributed by atoms with Gasteiger partial charge in [-0.15, -0.1) is 0 Å². The Hall–Kier alpha value is -1.14. The van der Waals surface area contributed by atoms with E-state index < -0.39 is 5.67 Å². The lowest BCUT2D eigenvalue weighted by Gasteiger charge is -2.22. The van der Waals surface area contributed by atoms with Gasteiger partial charge in [0.25, 0.3) is 0 Å². The lowest BCUT2D eigenvalue weighted by atomic mass is 10.0. The smallest absolute Gasteiger partial charge is 0.169 e. The van der Waals surface area contributed by atoms with Crippen LogP contribution in [0.2, 0.25) is 0 Å². The second kappa shape index (κ2) is 5.24. The number of methoxy groups -OCH3 is 1. The van der Waals surface area contributed by atoms with E-state index in [0.717, 1.165) is 6.54 Å². The molecule has 1 saturated heterocycles. The third-order valence-electron chi connectivity index (χ3n) is 3.31. The molecule has 5 nitrogen and oxygen atoms in total. The molecule has 1 aliphatic heterocycles. The Morgan fingerprint density at radius 3 is 2.94 bits per heavy atom. The molecule has 2 rings (SSSR count). The van der Waals surface area contributed by atoms with Gasteiger partial charge in [-0.1, -0.05) is 0 Å². The average molecular weight is 256 g/mol. The van der Waals surface area contributed by atoms with Gasteiger partial charge in [-0.3, -0.25) is 4.68 Å². The van der Waals surface area contributed by atoms with E-state index in [1.165, 1.54) is 0 Å². The Morgan fingerprint density at radius 1 is 1.61 bits per heavy atom. The minimum atomic E-state index is -1.37. The van der Waals surface area contributed by atoms with E-state index >= 15 is 0 Å². The Labute approximate surface area is 107 Å². The highest BCUT2D eigenvalue weighted by Crippen LogP contribution is 2.37. The molecule has 1 unspecified atom stereocenters. The Balaban J connectivity index is 2.27. The first-order valence-corrected chi connectivity index (χ1v) is 6.21. The number of halogens is 1. The van der Waals surface area contributed by atoms with E-state index in [2.05, 4.69) is 15.3 Å². The summed E-state index contributed by atoms with van der Waals surface area (Å²) in [4.78, 5) is 2.05. The van der Waals surface area contributed by atoms with Crippen molar-refractivity contribution in [2.24, 2.45) is 0 Å². The Kier molecular flexibility index (Phi) is 3.87. The van der Waals surface area contributed by atoms with Crippen molar-refractivity contribution in [1.29, 1.82) is 0 Å². The van der Waals surface area contributed by atoms with Gasteiger partial charge in [0.15, 0.2) is 11.4 Å². The van der Waals surface area contributed by atoms with E-state index in [-0.39, 0.29) is 0 Å². The van der Waals surface area contributed by atoms with Crippen LogP contribution in [0.15, 0.2) is 6.20 Å². The molecular weight excluding hydrogens is 235 g/mol. The molecule has 1 aromatic heterocycles. The van der Waals surface area contributed by atoms with Gasteiger partial charge in [-0.05, 0) is 20.6 Å². The molecule has 0 aromatic carbocycles. The Bertz CT molecular complexity index is 399. The molecule has 1 atom stereocenters. The van der Waals surface area contributed by atoms with E-state index in [1.54, 1.807) is 18.0 Å². The van der Waals surface area contributed by atoms with Crippen molar-refractivity contribution in [3.05, 3.63) is 11.9 Å². The highest BCUT2D eigenvalue weighted by atomic mass is 19.1. The van der Waals surface area contributed by atoms with E-state index in [4.69, 9.17) is 4.74 Å². The van der Waals surface area contributed by atoms with Crippen LogP contribution in [0.3, 0.4) is 0 Å². The topological polar surface area (TPSA) is 42.3 Å². The molecule has 0 spiro atoms. The predicted octanol–water partition coefficient (Wildman–Crippen LogP) is 0.611. The van der Waals surface area contributed by atoms with Crippen LogP contribution in [-0.4, -0.2) is 55.5 Å². The zero-order chi connectivity index (χ0) is 13.2. The molecule has 0 radical (unpaired) electrons. The largest absolute Gasteiger partial charge is 0.493 e. The molecule has 18 heavy (non-hydrogen) atoms. The molecule has 1 aliphatic rings. The molecule has 1 aromatic rings. The minimum Gasteiger partial charge on any atom is -0.493 e. The monoisotopic (exact) mass is 256 g/mol. The normalized spacial score (nSPS) is 23.8. The zero-order valence-corrected chi connectivity index (χ0v) is 11.2. The van der Waals surface area contributed by atoms with Crippen LogP contribution in [0, 0.1) is 0 Å². The number of hydrogen-bond donors (Lipinski definition) is 1. The zero-order valence-electron chi connectivity index (χ0n) is 11.2. The summed E-state index contributed by atoms with van der Waals surface area (Å²) in [7, 11) is 5.54. The second-order valence-corrected chi connectivity index (χ2v) is 4.98. The molecular formula is C12H21FN4O. The van der Waals surface area contributed by atoms with Crippen molar-refractivity contribution in [2.45, 2.75) is 18.6 Å². The average Bonchev–Trinajstić information content (AvgIpc) is 2.92. The quantitative estimate of drug-likeness (QED) is 0.838. The van der Waals surface area contributed by atoms with E-state index in [0.29, 0.717) is 37.5 Å². The SMILES string of the molecule is COc1cnn(CCN(C)C)c1C1(F)CCNC1. The molecule has 1 fully saturated rings. The van der Waals surface area contributed by atoms with Crippen LogP contribution in [-0.2, 0) is 12.2 Å². The second-order valence-electron chi connectivity index (χ2n) is 4.98. The van der Waals surface area contributed by atoms with Crippen LogP contribution >= 0.6 is 0 Å². The lowest BCUT2D eigenvalue weighted by molar-refractivity contribution is 0.169. The van der Waals surface area contributed by atoms with Gasteiger partial charge in [0.05, 0.1) is 19.9 Å². The first-order valence-electron chi connectivity index (χ1n) is 6.21. The summed E-state index contributed by atoms with van der Waals surface area (Å²) in [5.41, 5.74) is -0.800. The molecule has 2 heterocycles. The maximum atomic E-state index is 14.9. The maximum absolute atomic E-state index is 14.9. The number of nitrogens with one attached hydrogen (secondary N) is 1. The first-order chi connectivity index (χ1) is 8.57. The highest BCUT2D eigenvalue weighted by molar-refractivity contribution is 5.32. The number of rotatable bonds is 5. The molecule has 0 bridgehead atoms. The molecule has 1 N–H and O–H groups in total. The number of ether oxygens (including phenoxy) is 1. The molecule has 102 valence electrons. The standard InChI is InChI=1S/C12H21FN4O/c1-16(2)6-7-17-11(10(18-3)8-15-17)12(13)4-5-14-9-12/h8,14H,4-7,9H2,1-3H3. The highest BCUT2D eigenvalue weighted by Gasteiger charge is 2.41. The van der Waals surface area contributed by atoms with Gasteiger partial charge in [0, 0.05) is 19.5 Å². The van der Waals surface area contributed by atoms with Gasteiger partial charge in [0.2, 0.25) is 0 Å². The van der Waals surface area contributed by atoms with Gasteiger partial charge >= 0.3 is 0 Å². The summed E-state index contributed by atoms with van der Waals surface area (Å²) in [6, 6.07) is 0. The number of likely N-dealkylation sites (N-methyl/N-ethyl adjacent to an activating group) is 1. The summed E-state index contributed by atoms with van der Waals surface area (Å²) in [6.07, 6.45) is 2.07. The number of alkyl halides is 1. The summed E-state index contributed by atoms with van der Waals surface area (Å²) in [6.45, 7) is 2.51. The summed E-state index contributed by atoms with van der Waals surface area (Å²) < 4.78 is 21.9. The molecule has 0 aliphatic carbocycles. The third kappa shape index (κ3) is 2.49. The van der Waals surface area contributed by atoms with Crippen molar-refractivity contribution in [2.75, 3.05) is 40.8 Å². The third-order valence-corrected chi connectivity index (χ3v) is 3.31. The van der Waals surface area contributed by atoms with Crippen molar-refractivity contribution < 1.29 is 9.13 Å². The van der Waals surface area contributed by atoms with Gasteiger partial charge in [-0.2, -0.15) is 5.10 Å². The Morgan fingerprint density at radius 2 is 2.39 bits per heavy atom. The van der Waals surface area contributed by atoms with E-state index in [9.17, 15) is 4.39 Å². The number of hydrogen-bond acceptors (Lipinski definition) is 4. The van der Waals surface area contributed by atoms with Crippen molar-refractivity contribution >= 4 is 0 Å². The van der Waals surface area contributed by atoms with Gasteiger partial charge < -0.3 is 15.0 Å². The number of aromatic nitrogens is 2. The summed E-state index contributed by atoms with van der Waals surface area (Å²) in [5.74, 6) is 0.542. The summed E-state index contributed by atoms with van der Waals surface area (Å²) in [5, 5.41) is 7.31. The van der Waals surface area contributed by atoms with Crippen molar-refractivity contribution in [3.8, 4) is 5.75 Å². The lowest BCUT2D eigenvalue weighted by Crippen LogP contribution is -2.29. The molecule has 6 heteroatoms. The van der Waals surface area contributed by atoms with Crippen LogP contribution in [0.5, 0.6) is 5.75 Å². The fourth-order valence-corrected chi connectivity index (χ4v) is 2.30. The maximum Gasteiger partial charge on any atom is 0.169 e. The predicted molar refractivity (Wildman–Crippen MR) is 67.6 cm³/mol. The van der Waals surface area contributed by atoms with Crippen LogP contribution in [0.25, 0.3) is 0 Å². The van der Waals surface area contributed by atoms with Crippen molar-refractivity contribution in [1.82, 2.24) is 20.0 Å².